The highest BCUT2D eigenvalue weighted by atomic mass is 79.9. The Balaban J connectivity index is 1.94. The Bertz CT molecular complexity index is 615. The van der Waals surface area contributed by atoms with Crippen molar-refractivity contribution in [2.24, 2.45) is 0 Å². The van der Waals surface area contributed by atoms with E-state index in [1.165, 1.54) is 19.1 Å². The molecule has 3 nitrogen and oxygen atoms in total. The highest BCUT2D eigenvalue weighted by Gasteiger charge is 2.06. The van der Waals surface area contributed by atoms with Crippen molar-refractivity contribution in [2.75, 3.05) is 5.32 Å². The third-order valence-corrected chi connectivity index (χ3v) is 4.36. The molecular weight excluding hydrogens is 343 g/mol. The summed E-state index contributed by atoms with van der Waals surface area (Å²) in [6, 6.07) is 6.49. The van der Waals surface area contributed by atoms with Crippen molar-refractivity contribution in [2.45, 2.75) is 20.0 Å². The van der Waals surface area contributed by atoms with Crippen molar-refractivity contribution in [1.82, 2.24) is 5.32 Å². The summed E-state index contributed by atoms with van der Waals surface area (Å²) >= 11 is 4.97. The first-order valence-electron chi connectivity index (χ1n) is 6.05. The largest absolute Gasteiger partial charge is 0.325 e. The van der Waals surface area contributed by atoms with Crippen molar-refractivity contribution in [3.63, 3.8) is 0 Å². The fourth-order valence-corrected chi connectivity index (χ4v) is 2.95. The number of halogens is 2. The van der Waals surface area contributed by atoms with E-state index in [0.29, 0.717) is 13.1 Å². The predicted molar refractivity (Wildman–Crippen MR) is 83.3 cm³/mol. The summed E-state index contributed by atoms with van der Waals surface area (Å²) in [5.41, 5.74) is 1.69. The minimum absolute atomic E-state index is 0.0856. The van der Waals surface area contributed by atoms with Gasteiger partial charge < -0.3 is 10.6 Å². The van der Waals surface area contributed by atoms with Crippen molar-refractivity contribution in [3.8, 4) is 0 Å². The zero-order valence-corrected chi connectivity index (χ0v) is 13.3. The van der Waals surface area contributed by atoms with Crippen LogP contribution in [0.25, 0.3) is 0 Å². The molecule has 106 valence electrons. The Hall–Kier alpha value is -1.24. The van der Waals surface area contributed by atoms with Gasteiger partial charge in [-0.1, -0.05) is 15.9 Å². The second kappa shape index (κ2) is 6.97. The van der Waals surface area contributed by atoms with Crippen LogP contribution in [0.1, 0.15) is 17.4 Å². The number of benzene rings is 1. The number of carbonyl (C=O) groups excluding carboxylic acids is 1. The molecule has 0 fully saturated rings. The molecule has 2 rings (SSSR count). The molecule has 6 heteroatoms. The maximum atomic E-state index is 13.2. The van der Waals surface area contributed by atoms with Crippen LogP contribution in [-0.2, 0) is 17.9 Å². The lowest BCUT2D eigenvalue weighted by Gasteiger charge is -2.08. The number of nitrogens with one attached hydrogen (secondary N) is 2. The number of carbonyl (C=O) groups is 1. The Morgan fingerprint density at radius 3 is 2.90 bits per heavy atom. The third kappa shape index (κ3) is 4.13. The van der Waals surface area contributed by atoms with E-state index in [9.17, 15) is 9.18 Å². The smallest absolute Gasteiger partial charge is 0.221 e. The summed E-state index contributed by atoms with van der Waals surface area (Å²) < 4.78 is 14.0. The van der Waals surface area contributed by atoms with Crippen LogP contribution in [0.2, 0.25) is 0 Å². The molecule has 0 atom stereocenters. The highest BCUT2D eigenvalue weighted by molar-refractivity contribution is 9.10. The molecule has 0 bridgehead atoms. The number of hydrogen-bond acceptors (Lipinski definition) is 3. The summed E-state index contributed by atoms with van der Waals surface area (Å²) in [4.78, 5) is 12.1. The van der Waals surface area contributed by atoms with Gasteiger partial charge in [-0.2, -0.15) is 0 Å². The fourth-order valence-electron chi connectivity index (χ4n) is 1.77. The molecule has 0 aliphatic rings. The minimum Gasteiger partial charge on any atom is -0.325 e. The van der Waals surface area contributed by atoms with Gasteiger partial charge in [-0.15, -0.1) is 11.3 Å². The number of amides is 1. The summed E-state index contributed by atoms with van der Waals surface area (Å²) in [6.45, 7) is 2.66. The second-order valence-electron chi connectivity index (χ2n) is 4.28. The molecule has 2 aromatic rings. The molecule has 0 unspecified atom stereocenters. The number of thiophene rings is 1. The normalized spacial score (nSPS) is 10.6. The average Bonchev–Trinajstić information content (AvgIpc) is 2.80. The lowest BCUT2D eigenvalue weighted by Crippen LogP contribution is -2.14. The SMILES string of the molecule is CC(=O)Nc1ccsc1CNCc1cc(F)ccc1Br. The fraction of sp³-hybridized carbons (Fsp3) is 0.214. The lowest BCUT2D eigenvalue weighted by molar-refractivity contribution is -0.114. The number of hydrogen-bond donors (Lipinski definition) is 2. The maximum Gasteiger partial charge on any atom is 0.221 e. The quantitative estimate of drug-likeness (QED) is 0.852. The first-order chi connectivity index (χ1) is 9.56. The van der Waals surface area contributed by atoms with E-state index in [1.54, 1.807) is 17.4 Å². The standard InChI is InChI=1S/C14H14BrFN2OS/c1-9(19)18-13-4-5-20-14(13)8-17-7-10-6-11(16)2-3-12(10)15/h2-6,17H,7-8H2,1H3,(H,18,19). The van der Waals surface area contributed by atoms with Crippen LogP contribution in [0, 0.1) is 5.82 Å². The van der Waals surface area contributed by atoms with E-state index < -0.39 is 0 Å². The maximum absolute atomic E-state index is 13.2. The zero-order valence-electron chi connectivity index (χ0n) is 10.9. The summed E-state index contributed by atoms with van der Waals surface area (Å²) in [7, 11) is 0. The van der Waals surface area contributed by atoms with Crippen molar-refractivity contribution >= 4 is 38.9 Å². The minimum atomic E-state index is -0.250. The molecule has 1 heterocycles. The van der Waals surface area contributed by atoms with Gasteiger partial charge >= 0.3 is 0 Å². The van der Waals surface area contributed by atoms with E-state index in [-0.39, 0.29) is 11.7 Å². The van der Waals surface area contributed by atoms with E-state index in [1.807, 2.05) is 11.4 Å². The van der Waals surface area contributed by atoms with Crippen LogP contribution in [0.3, 0.4) is 0 Å². The topological polar surface area (TPSA) is 41.1 Å². The first-order valence-corrected chi connectivity index (χ1v) is 7.72. The Morgan fingerprint density at radius 2 is 2.15 bits per heavy atom. The van der Waals surface area contributed by atoms with Gasteiger partial charge in [-0.3, -0.25) is 4.79 Å². The van der Waals surface area contributed by atoms with Crippen molar-refractivity contribution in [1.29, 1.82) is 0 Å². The van der Waals surface area contributed by atoms with Crippen molar-refractivity contribution in [3.05, 3.63) is 50.4 Å². The van der Waals surface area contributed by atoms with Gasteiger partial charge in [0.15, 0.2) is 0 Å². The third-order valence-electron chi connectivity index (χ3n) is 2.66. The number of rotatable bonds is 5. The Morgan fingerprint density at radius 1 is 1.35 bits per heavy atom. The highest BCUT2D eigenvalue weighted by Crippen LogP contribution is 2.23. The molecule has 0 aliphatic carbocycles. The molecule has 2 N–H and O–H groups in total. The summed E-state index contributed by atoms with van der Waals surface area (Å²) in [5, 5.41) is 7.96. The molecule has 20 heavy (non-hydrogen) atoms. The van der Waals surface area contributed by atoms with E-state index in [4.69, 9.17) is 0 Å². The molecular formula is C14H14BrFN2OS. The number of anilines is 1. The second-order valence-corrected chi connectivity index (χ2v) is 6.13. The predicted octanol–water partition coefficient (Wildman–Crippen LogP) is 3.90. The van der Waals surface area contributed by atoms with Crippen LogP contribution in [-0.4, -0.2) is 5.91 Å². The van der Waals surface area contributed by atoms with Crippen molar-refractivity contribution < 1.29 is 9.18 Å². The Kier molecular flexibility index (Phi) is 5.28. The molecule has 1 amide bonds. The lowest BCUT2D eigenvalue weighted by atomic mass is 10.2. The van der Waals surface area contributed by atoms with Crippen LogP contribution in [0.4, 0.5) is 10.1 Å². The monoisotopic (exact) mass is 356 g/mol. The summed E-state index contributed by atoms with van der Waals surface area (Å²) in [5.74, 6) is -0.336. The molecule has 1 aromatic carbocycles. The molecule has 0 radical (unpaired) electrons. The Labute approximate surface area is 129 Å². The molecule has 0 saturated carbocycles. The van der Waals surface area contributed by atoms with Crippen LogP contribution >= 0.6 is 27.3 Å². The van der Waals surface area contributed by atoms with Gasteiger partial charge in [0, 0.05) is 29.4 Å². The van der Waals surface area contributed by atoms with Gasteiger partial charge in [0.25, 0.3) is 0 Å². The van der Waals surface area contributed by atoms with Gasteiger partial charge in [0.1, 0.15) is 5.82 Å². The molecule has 0 spiro atoms. The molecule has 0 saturated heterocycles. The van der Waals surface area contributed by atoms with Crippen LogP contribution in [0.15, 0.2) is 34.1 Å². The van der Waals surface area contributed by atoms with E-state index >= 15 is 0 Å². The van der Waals surface area contributed by atoms with Gasteiger partial charge in [0.2, 0.25) is 5.91 Å². The summed E-state index contributed by atoms with van der Waals surface area (Å²) in [6.07, 6.45) is 0. The molecule has 1 aromatic heterocycles. The molecule has 0 aliphatic heterocycles. The van der Waals surface area contributed by atoms with E-state index in [0.717, 1.165) is 20.6 Å². The van der Waals surface area contributed by atoms with Crippen LogP contribution < -0.4 is 10.6 Å². The zero-order chi connectivity index (χ0) is 14.5. The average molecular weight is 357 g/mol. The van der Waals surface area contributed by atoms with Gasteiger partial charge in [-0.25, -0.2) is 4.39 Å². The van der Waals surface area contributed by atoms with E-state index in [2.05, 4.69) is 26.6 Å². The van der Waals surface area contributed by atoms with Gasteiger partial charge in [0.05, 0.1) is 5.69 Å². The first kappa shape index (κ1) is 15.2. The van der Waals surface area contributed by atoms with Crippen LogP contribution in [0.5, 0.6) is 0 Å². The van der Waals surface area contributed by atoms with Gasteiger partial charge in [-0.05, 0) is 35.2 Å².